The van der Waals surface area contributed by atoms with Crippen LogP contribution in [0.3, 0.4) is 0 Å². The Kier molecular flexibility index (Phi) is 4.50. The maximum atomic E-state index is 12.6. The van der Waals surface area contributed by atoms with Crippen molar-refractivity contribution in [3.05, 3.63) is 48.0 Å². The quantitative estimate of drug-likeness (QED) is 0.911. The number of carbonyl (C=O) groups excluding carboxylic acids is 1. The van der Waals surface area contributed by atoms with Gasteiger partial charge in [-0.1, -0.05) is 0 Å². The van der Waals surface area contributed by atoms with Gasteiger partial charge in [0.05, 0.1) is 18.8 Å². The van der Waals surface area contributed by atoms with Gasteiger partial charge in [0.2, 0.25) is 0 Å². The van der Waals surface area contributed by atoms with Gasteiger partial charge in [0.25, 0.3) is 5.91 Å². The predicted molar refractivity (Wildman–Crippen MR) is 91.9 cm³/mol. The van der Waals surface area contributed by atoms with Crippen molar-refractivity contribution in [1.82, 2.24) is 25.0 Å². The van der Waals surface area contributed by atoms with E-state index < -0.39 is 0 Å². The number of rotatable bonds is 3. The van der Waals surface area contributed by atoms with E-state index in [-0.39, 0.29) is 11.5 Å². The van der Waals surface area contributed by atoms with Crippen molar-refractivity contribution in [3.8, 4) is 0 Å². The lowest BCUT2D eigenvalue weighted by atomic mass is 9.89. The summed E-state index contributed by atoms with van der Waals surface area (Å²) in [5.74, 6) is 0.0133. The number of aromatic nitrogens is 3. The smallest absolute Gasteiger partial charge is 0.272 e. The molecule has 2 aliphatic heterocycles. The van der Waals surface area contributed by atoms with Crippen LogP contribution in [0.25, 0.3) is 0 Å². The number of H-pyrrole nitrogens is 1. The van der Waals surface area contributed by atoms with Crippen LogP contribution in [0.4, 0.5) is 0 Å². The molecule has 2 aromatic heterocycles. The van der Waals surface area contributed by atoms with Gasteiger partial charge in [-0.3, -0.25) is 19.8 Å². The molecule has 0 radical (unpaired) electrons. The molecule has 2 saturated heterocycles. The van der Waals surface area contributed by atoms with E-state index in [1.54, 1.807) is 12.3 Å². The Morgan fingerprint density at radius 2 is 1.96 bits per heavy atom. The maximum Gasteiger partial charge on any atom is 0.272 e. The second kappa shape index (κ2) is 6.93. The van der Waals surface area contributed by atoms with E-state index in [4.69, 9.17) is 4.74 Å². The van der Waals surface area contributed by atoms with Gasteiger partial charge < -0.3 is 9.64 Å². The van der Waals surface area contributed by atoms with Gasteiger partial charge in [-0.25, -0.2) is 0 Å². The molecule has 4 heterocycles. The van der Waals surface area contributed by atoms with Crippen LogP contribution >= 0.6 is 0 Å². The second-order valence-electron chi connectivity index (χ2n) is 6.86. The number of hydrogen-bond acceptors (Lipinski definition) is 5. The molecule has 2 aromatic rings. The van der Waals surface area contributed by atoms with Crippen LogP contribution in [0.5, 0.6) is 0 Å². The molecule has 1 N–H and O–H groups in total. The SMILES string of the molecule is O=C(c1ccn[nH]1)N1CCOC2(CCN(Cc3ccncc3)CC2)C1. The molecule has 1 spiro atoms. The normalized spacial score (nSPS) is 20.7. The average molecular weight is 341 g/mol. The molecule has 0 atom stereocenters. The first-order chi connectivity index (χ1) is 12.2. The highest BCUT2D eigenvalue weighted by molar-refractivity contribution is 5.92. The molecule has 4 rings (SSSR count). The standard InChI is InChI=1S/C18H23N5O2/c24-17(16-3-8-20-21-16)23-11-12-25-18(14-23)4-9-22(10-5-18)13-15-1-6-19-7-2-15/h1-3,6-8H,4-5,9-14H2,(H,20,21). The highest BCUT2D eigenvalue weighted by Crippen LogP contribution is 2.31. The third-order valence-electron chi connectivity index (χ3n) is 5.19. The molecule has 0 aromatic carbocycles. The summed E-state index contributed by atoms with van der Waals surface area (Å²) in [4.78, 5) is 21.0. The minimum absolute atomic E-state index is 0.0133. The number of aromatic amines is 1. The van der Waals surface area contributed by atoms with Gasteiger partial charge in [-0.15, -0.1) is 0 Å². The Balaban J connectivity index is 1.36. The topological polar surface area (TPSA) is 74.3 Å². The van der Waals surface area contributed by atoms with Crippen molar-refractivity contribution < 1.29 is 9.53 Å². The summed E-state index contributed by atoms with van der Waals surface area (Å²) in [6.07, 6.45) is 7.19. The van der Waals surface area contributed by atoms with E-state index >= 15 is 0 Å². The first kappa shape index (κ1) is 16.2. The molecule has 0 aliphatic carbocycles. The molecule has 132 valence electrons. The van der Waals surface area contributed by atoms with E-state index in [2.05, 4.69) is 32.2 Å². The number of amides is 1. The van der Waals surface area contributed by atoms with E-state index in [0.717, 1.165) is 32.5 Å². The molecular formula is C18H23N5O2. The van der Waals surface area contributed by atoms with E-state index in [9.17, 15) is 4.79 Å². The van der Waals surface area contributed by atoms with E-state index in [1.807, 2.05) is 17.3 Å². The molecule has 1 amide bonds. The molecule has 2 fully saturated rings. The van der Waals surface area contributed by atoms with Gasteiger partial charge in [0, 0.05) is 44.8 Å². The molecule has 0 saturated carbocycles. The maximum absolute atomic E-state index is 12.6. The van der Waals surface area contributed by atoms with Crippen LogP contribution in [-0.4, -0.2) is 69.3 Å². The molecule has 2 aliphatic rings. The molecular weight excluding hydrogens is 318 g/mol. The zero-order valence-corrected chi connectivity index (χ0v) is 14.2. The van der Waals surface area contributed by atoms with Crippen molar-refractivity contribution in [3.63, 3.8) is 0 Å². The highest BCUT2D eigenvalue weighted by Gasteiger charge is 2.41. The Hall–Kier alpha value is -2.25. The van der Waals surface area contributed by atoms with Gasteiger partial charge in [0.1, 0.15) is 5.69 Å². The number of carbonyl (C=O) groups is 1. The number of morpholine rings is 1. The number of piperidine rings is 1. The van der Waals surface area contributed by atoms with Crippen LogP contribution in [-0.2, 0) is 11.3 Å². The van der Waals surface area contributed by atoms with Crippen molar-refractivity contribution in [2.45, 2.75) is 25.0 Å². The van der Waals surface area contributed by atoms with Crippen LogP contribution in [0.2, 0.25) is 0 Å². The second-order valence-corrected chi connectivity index (χ2v) is 6.86. The van der Waals surface area contributed by atoms with Crippen molar-refractivity contribution in [2.75, 3.05) is 32.8 Å². The Morgan fingerprint density at radius 1 is 1.16 bits per heavy atom. The lowest BCUT2D eigenvalue weighted by Crippen LogP contribution is -2.58. The zero-order chi connectivity index (χ0) is 17.1. The summed E-state index contributed by atoms with van der Waals surface area (Å²) in [6, 6.07) is 5.85. The molecule has 7 nitrogen and oxygen atoms in total. The summed E-state index contributed by atoms with van der Waals surface area (Å²) >= 11 is 0. The highest BCUT2D eigenvalue weighted by atomic mass is 16.5. The molecule has 0 bridgehead atoms. The van der Waals surface area contributed by atoms with Crippen LogP contribution in [0.15, 0.2) is 36.8 Å². The van der Waals surface area contributed by atoms with Gasteiger partial charge in [-0.2, -0.15) is 5.10 Å². The summed E-state index contributed by atoms with van der Waals surface area (Å²) in [6.45, 7) is 4.80. The largest absolute Gasteiger partial charge is 0.371 e. The fourth-order valence-electron chi connectivity index (χ4n) is 3.73. The first-order valence-corrected chi connectivity index (χ1v) is 8.78. The predicted octanol–water partition coefficient (Wildman–Crippen LogP) is 1.31. The number of nitrogens with one attached hydrogen (secondary N) is 1. The molecule has 7 heteroatoms. The summed E-state index contributed by atoms with van der Waals surface area (Å²) < 4.78 is 6.15. The number of nitrogens with zero attached hydrogens (tertiary/aromatic N) is 4. The van der Waals surface area contributed by atoms with Crippen LogP contribution in [0, 0.1) is 0 Å². The van der Waals surface area contributed by atoms with Gasteiger partial charge >= 0.3 is 0 Å². The number of likely N-dealkylation sites (tertiary alicyclic amines) is 1. The van der Waals surface area contributed by atoms with Gasteiger partial charge in [-0.05, 0) is 36.6 Å². The van der Waals surface area contributed by atoms with Crippen molar-refractivity contribution in [2.24, 2.45) is 0 Å². The fraction of sp³-hybridized carbons (Fsp3) is 0.500. The monoisotopic (exact) mass is 341 g/mol. The molecule has 0 unspecified atom stereocenters. The molecule has 25 heavy (non-hydrogen) atoms. The van der Waals surface area contributed by atoms with Crippen LogP contribution in [0.1, 0.15) is 28.9 Å². The summed E-state index contributed by atoms with van der Waals surface area (Å²) in [5, 5.41) is 6.64. The van der Waals surface area contributed by atoms with Crippen molar-refractivity contribution >= 4 is 5.91 Å². The Labute approximate surface area is 147 Å². The third-order valence-corrected chi connectivity index (χ3v) is 5.19. The van der Waals surface area contributed by atoms with Gasteiger partial charge in [0.15, 0.2) is 0 Å². The minimum Gasteiger partial charge on any atom is -0.371 e. The lowest BCUT2D eigenvalue weighted by Gasteiger charge is -2.47. The minimum atomic E-state index is -0.206. The number of pyridine rings is 1. The summed E-state index contributed by atoms with van der Waals surface area (Å²) in [7, 11) is 0. The van der Waals surface area contributed by atoms with Crippen LogP contribution < -0.4 is 0 Å². The summed E-state index contributed by atoms with van der Waals surface area (Å²) in [5.41, 5.74) is 1.63. The lowest BCUT2D eigenvalue weighted by molar-refractivity contribution is -0.128. The average Bonchev–Trinajstić information content (AvgIpc) is 3.19. The number of ether oxygens (including phenoxy) is 1. The van der Waals surface area contributed by atoms with E-state index in [1.165, 1.54) is 5.56 Å². The fourth-order valence-corrected chi connectivity index (χ4v) is 3.73. The number of hydrogen-bond donors (Lipinski definition) is 1. The van der Waals surface area contributed by atoms with E-state index in [0.29, 0.717) is 25.4 Å². The van der Waals surface area contributed by atoms with Crippen molar-refractivity contribution in [1.29, 1.82) is 0 Å². The Bertz CT molecular complexity index is 696. The third kappa shape index (κ3) is 3.57. The zero-order valence-electron chi connectivity index (χ0n) is 14.2. The first-order valence-electron chi connectivity index (χ1n) is 8.78. The Morgan fingerprint density at radius 3 is 2.68 bits per heavy atom.